The third kappa shape index (κ3) is 3.37. The number of sulfonamides is 1. The molecule has 0 amide bonds. The second-order valence-electron chi connectivity index (χ2n) is 5.66. The molecule has 3 rings (SSSR count). The zero-order valence-corrected chi connectivity index (χ0v) is 13.1. The van der Waals surface area contributed by atoms with E-state index in [1.54, 1.807) is 12.1 Å². The van der Waals surface area contributed by atoms with Gasteiger partial charge in [0.1, 0.15) is 0 Å². The topological polar surface area (TPSA) is 101 Å². The van der Waals surface area contributed by atoms with Gasteiger partial charge in [-0.15, -0.1) is 0 Å². The zero-order chi connectivity index (χ0) is 15.6. The lowest BCUT2D eigenvalue weighted by Crippen LogP contribution is -2.27. The molecule has 2 aromatic rings. The van der Waals surface area contributed by atoms with Crippen LogP contribution in [0.3, 0.4) is 0 Å². The van der Waals surface area contributed by atoms with Crippen LogP contribution in [-0.4, -0.2) is 25.2 Å². The molecular formula is C15H20N4O2S. The fourth-order valence-electron chi connectivity index (χ4n) is 2.97. The van der Waals surface area contributed by atoms with Crippen molar-refractivity contribution in [1.82, 2.24) is 15.5 Å². The van der Waals surface area contributed by atoms with Crippen molar-refractivity contribution < 1.29 is 8.42 Å². The summed E-state index contributed by atoms with van der Waals surface area (Å²) in [7, 11) is -3.66. The van der Waals surface area contributed by atoms with Gasteiger partial charge in [0.15, 0.2) is 0 Å². The molecule has 1 unspecified atom stereocenters. The highest BCUT2D eigenvalue weighted by molar-refractivity contribution is 7.89. The first kappa shape index (κ1) is 15.2. The van der Waals surface area contributed by atoms with Crippen LogP contribution < -0.4 is 10.5 Å². The molecule has 0 fully saturated rings. The Labute approximate surface area is 130 Å². The molecule has 1 aliphatic rings. The van der Waals surface area contributed by atoms with E-state index in [1.807, 2.05) is 18.5 Å². The average Bonchev–Trinajstić information content (AvgIpc) is 2.99. The molecule has 0 radical (unpaired) electrons. The van der Waals surface area contributed by atoms with Crippen LogP contribution in [0.15, 0.2) is 35.5 Å². The lowest BCUT2D eigenvalue weighted by molar-refractivity contribution is 0.462. The van der Waals surface area contributed by atoms with Crippen LogP contribution >= 0.6 is 0 Å². The number of aryl methyl sites for hydroxylation is 1. The van der Waals surface area contributed by atoms with Gasteiger partial charge in [0.2, 0.25) is 10.0 Å². The monoisotopic (exact) mass is 320 g/mol. The largest absolute Gasteiger partial charge is 0.310 e. The summed E-state index contributed by atoms with van der Waals surface area (Å²) in [4.78, 5) is 0.190. The van der Waals surface area contributed by atoms with E-state index in [1.165, 1.54) is 5.56 Å². The molecule has 0 aliphatic heterocycles. The van der Waals surface area contributed by atoms with Crippen molar-refractivity contribution in [2.45, 2.75) is 36.6 Å². The predicted molar refractivity (Wildman–Crippen MR) is 83.8 cm³/mol. The summed E-state index contributed by atoms with van der Waals surface area (Å²) in [5, 5.41) is 15.5. The second-order valence-corrected chi connectivity index (χ2v) is 7.22. The quantitative estimate of drug-likeness (QED) is 0.772. The van der Waals surface area contributed by atoms with Gasteiger partial charge in [-0.2, -0.15) is 5.10 Å². The number of nitrogens with one attached hydrogen (secondary N) is 2. The SMILES string of the molecule is NS(=O)(=O)c1ccc2c(c1)C(NCCc1cn[nH]c1)CCC2. The molecule has 1 aromatic heterocycles. The van der Waals surface area contributed by atoms with Gasteiger partial charge in [0.05, 0.1) is 11.1 Å². The first-order valence-corrected chi connectivity index (χ1v) is 8.95. The lowest BCUT2D eigenvalue weighted by atomic mass is 9.87. The van der Waals surface area contributed by atoms with Crippen molar-refractivity contribution in [2.24, 2.45) is 5.14 Å². The normalized spacial score (nSPS) is 18.1. The summed E-state index contributed by atoms with van der Waals surface area (Å²) in [6.07, 6.45) is 7.68. The van der Waals surface area contributed by atoms with Crippen molar-refractivity contribution in [3.63, 3.8) is 0 Å². The maximum Gasteiger partial charge on any atom is 0.238 e. The molecular weight excluding hydrogens is 300 g/mol. The summed E-state index contributed by atoms with van der Waals surface area (Å²) < 4.78 is 23.1. The van der Waals surface area contributed by atoms with E-state index < -0.39 is 10.0 Å². The number of hydrogen-bond donors (Lipinski definition) is 3. The van der Waals surface area contributed by atoms with Crippen LogP contribution in [0.2, 0.25) is 0 Å². The summed E-state index contributed by atoms with van der Waals surface area (Å²) in [5.74, 6) is 0. The summed E-state index contributed by atoms with van der Waals surface area (Å²) in [6.45, 7) is 0.823. The number of aromatic nitrogens is 2. The molecule has 4 N–H and O–H groups in total. The highest BCUT2D eigenvalue weighted by Crippen LogP contribution is 2.31. The first-order chi connectivity index (χ1) is 10.5. The minimum atomic E-state index is -3.66. The van der Waals surface area contributed by atoms with Crippen molar-refractivity contribution in [3.8, 4) is 0 Å². The Morgan fingerprint density at radius 1 is 1.41 bits per heavy atom. The smallest absolute Gasteiger partial charge is 0.238 e. The van der Waals surface area contributed by atoms with Crippen LogP contribution in [0.25, 0.3) is 0 Å². The number of benzene rings is 1. The molecule has 1 aromatic carbocycles. The molecule has 118 valence electrons. The lowest BCUT2D eigenvalue weighted by Gasteiger charge is -2.27. The molecule has 0 spiro atoms. The Morgan fingerprint density at radius 3 is 3.00 bits per heavy atom. The average molecular weight is 320 g/mol. The predicted octanol–water partition coefficient (Wildman–Crippen LogP) is 1.27. The number of hydrogen-bond acceptors (Lipinski definition) is 4. The minimum absolute atomic E-state index is 0.178. The first-order valence-electron chi connectivity index (χ1n) is 7.41. The Morgan fingerprint density at radius 2 is 2.27 bits per heavy atom. The third-order valence-corrected chi connectivity index (χ3v) is 5.03. The Balaban J connectivity index is 1.74. The third-order valence-electron chi connectivity index (χ3n) is 4.12. The molecule has 6 nitrogen and oxygen atoms in total. The highest BCUT2D eigenvalue weighted by Gasteiger charge is 2.21. The van der Waals surface area contributed by atoms with Crippen LogP contribution in [0, 0.1) is 0 Å². The summed E-state index contributed by atoms with van der Waals surface area (Å²) in [6, 6.07) is 5.39. The molecule has 1 atom stereocenters. The number of rotatable bonds is 5. The van der Waals surface area contributed by atoms with E-state index in [2.05, 4.69) is 15.5 Å². The number of fused-ring (bicyclic) bond motifs is 1. The molecule has 0 saturated heterocycles. The van der Waals surface area contributed by atoms with Gasteiger partial charge in [-0.05, 0) is 61.1 Å². The number of nitrogens with zero attached hydrogens (tertiary/aromatic N) is 1. The van der Waals surface area contributed by atoms with E-state index in [4.69, 9.17) is 5.14 Å². The second kappa shape index (κ2) is 6.20. The summed E-state index contributed by atoms with van der Waals surface area (Å²) in [5.41, 5.74) is 3.42. The van der Waals surface area contributed by atoms with Gasteiger partial charge < -0.3 is 5.32 Å². The van der Waals surface area contributed by atoms with E-state index in [9.17, 15) is 8.42 Å². The van der Waals surface area contributed by atoms with Crippen LogP contribution in [0.1, 0.15) is 35.6 Å². The highest BCUT2D eigenvalue weighted by atomic mass is 32.2. The Hall–Kier alpha value is -1.70. The van der Waals surface area contributed by atoms with Gasteiger partial charge in [-0.25, -0.2) is 13.6 Å². The maximum absolute atomic E-state index is 11.5. The number of nitrogens with two attached hydrogens (primary N) is 1. The van der Waals surface area contributed by atoms with E-state index >= 15 is 0 Å². The van der Waals surface area contributed by atoms with Crippen molar-refractivity contribution >= 4 is 10.0 Å². The molecule has 22 heavy (non-hydrogen) atoms. The fraction of sp³-hybridized carbons (Fsp3) is 0.400. The zero-order valence-electron chi connectivity index (χ0n) is 12.2. The van der Waals surface area contributed by atoms with Gasteiger partial charge in [0.25, 0.3) is 0 Å². The van der Waals surface area contributed by atoms with Crippen LogP contribution in [-0.2, 0) is 22.9 Å². The fourth-order valence-corrected chi connectivity index (χ4v) is 3.52. The summed E-state index contributed by atoms with van der Waals surface area (Å²) >= 11 is 0. The number of primary sulfonamides is 1. The van der Waals surface area contributed by atoms with Crippen LogP contribution in [0.4, 0.5) is 0 Å². The number of H-pyrrole nitrogens is 1. The maximum atomic E-state index is 11.5. The number of aromatic amines is 1. The minimum Gasteiger partial charge on any atom is -0.310 e. The Bertz CT molecular complexity index is 741. The van der Waals surface area contributed by atoms with Gasteiger partial charge in [0, 0.05) is 12.2 Å². The van der Waals surface area contributed by atoms with Crippen molar-refractivity contribution in [3.05, 3.63) is 47.3 Å². The van der Waals surface area contributed by atoms with Gasteiger partial charge in [-0.1, -0.05) is 6.07 Å². The molecule has 7 heteroatoms. The van der Waals surface area contributed by atoms with E-state index in [-0.39, 0.29) is 10.9 Å². The molecule has 0 saturated carbocycles. The Kier molecular flexibility index (Phi) is 4.28. The van der Waals surface area contributed by atoms with Gasteiger partial charge >= 0.3 is 0 Å². The standard InChI is InChI=1S/C15H20N4O2S/c16-22(20,21)13-5-4-12-2-1-3-15(14(12)8-13)17-7-6-11-9-18-19-10-11/h4-5,8-10,15,17H,1-3,6-7H2,(H,18,19)(H2,16,20,21). The van der Waals surface area contributed by atoms with E-state index in [0.717, 1.165) is 43.4 Å². The van der Waals surface area contributed by atoms with Crippen molar-refractivity contribution in [1.29, 1.82) is 0 Å². The van der Waals surface area contributed by atoms with Crippen molar-refractivity contribution in [2.75, 3.05) is 6.54 Å². The van der Waals surface area contributed by atoms with E-state index in [0.29, 0.717) is 0 Å². The molecule has 1 heterocycles. The molecule has 1 aliphatic carbocycles. The van der Waals surface area contributed by atoms with Crippen LogP contribution in [0.5, 0.6) is 0 Å². The van der Waals surface area contributed by atoms with Gasteiger partial charge in [-0.3, -0.25) is 5.10 Å². The molecule has 0 bridgehead atoms.